The van der Waals surface area contributed by atoms with Gasteiger partial charge in [0.15, 0.2) is 0 Å². The van der Waals surface area contributed by atoms with Gasteiger partial charge in [0.2, 0.25) is 0 Å². The van der Waals surface area contributed by atoms with Crippen LogP contribution in [0.5, 0.6) is 0 Å². The van der Waals surface area contributed by atoms with Crippen LogP contribution in [0.3, 0.4) is 0 Å². The minimum Gasteiger partial charge on any atom is -0.381 e. The molecule has 2 nitrogen and oxygen atoms in total. The average Bonchev–Trinajstić information content (AvgIpc) is 2.43. The van der Waals surface area contributed by atoms with Crippen molar-refractivity contribution in [2.24, 2.45) is 0 Å². The van der Waals surface area contributed by atoms with Gasteiger partial charge in [0, 0.05) is 24.3 Å². The van der Waals surface area contributed by atoms with Crippen molar-refractivity contribution in [3.63, 3.8) is 0 Å². The zero-order valence-electron chi connectivity index (χ0n) is 12.1. The lowest BCUT2D eigenvalue weighted by Crippen LogP contribution is -2.22. The number of rotatable bonds is 10. The van der Waals surface area contributed by atoms with Gasteiger partial charge in [-0.05, 0) is 43.5 Å². The molecule has 0 heterocycles. The first-order valence-corrected chi connectivity index (χ1v) is 7.72. The molecule has 19 heavy (non-hydrogen) atoms. The fourth-order valence-electron chi connectivity index (χ4n) is 1.99. The molecule has 0 fully saturated rings. The fourth-order valence-corrected chi connectivity index (χ4v) is 2.12. The lowest BCUT2D eigenvalue weighted by Gasteiger charge is -2.17. The molecule has 0 aliphatic rings. The monoisotopic (exact) mass is 283 g/mol. The Bertz CT molecular complexity index is 326. The van der Waals surface area contributed by atoms with Crippen molar-refractivity contribution in [3.05, 3.63) is 34.9 Å². The Hall–Kier alpha value is -0.570. The maximum absolute atomic E-state index is 5.91. The predicted octanol–water partition coefficient (Wildman–Crippen LogP) is 4.59. The number of ether oxygens (including phenoxy) is 1. The van der Waals surface area contributed by atoms with Gasteiger partial charge in [-0.25, -0.2) is 0 Å². The van der Waals surface area contributed by atoms with Crippen molar-refractivity contribution in [1.82, 2.24) is 5.32 Å². The van der Waals surface area contributed by atoms with Gasteiger partial charge in [-0.2, -0.15) is 0 Å². The van der Waals surface area contributed by atoms with Gasteiger partial charge in [-0.3, -0.25) is 0 Å². The highest BCUT2D eigenvalue weighted by Gasteiger charge is 2.07. The molecule has 1 unspecified atom stereocenters. The van der Waals surface area contributed by atoms with Crippen LogP contribution in [0.1, 0.15) is 51.1 Å². The standard InChI is InChI=1S/C16H26ClNO/c1-3-5-12-19-13-6-11-18-16(4-2)14-7-9-15(17)10-8-14/h7-10,16,18H,3-6,11-13H2,1-2H3. The maximum Gasteiger partial charge on any atom is 0.0478 e. The van der Waals surface area contributed by atoms with Crippen LogP contribution >= 0.6 is 11.6 Å². The van der Waals surface area contributed by atoms with E-state index < -0.39 is 0 Å². The topological polar surface area (TPSA) is 21.3 Å². The van der Waals surface area contributed by atoms with Gasteiger partial charge in [-0.1, -0.05) is 44.0 Å². The third kappa shape index (κ3) is 6.95. The second kappa shape index (κ2) is 10.2. The van der Waals surface area contributed by atoms with E-state index in [0.717, 1.165) is 44.0 Å². The number of benzene rings is 1. The maximum atomic E-state index is 5.91. The normalized spacial score (nSPS) is 12.6. The third-order valence-electron chi connectivity index (χ3n) is 3.18. The summed E-state index contributed by atoms with van der Waals surface area (Å²) >= 11 is 5.91. The van der Waals surface area contributed by atoms with E-state index in [9.17, 15) is 0 Å². The number of halogens is 1. The fraction of sp³-hybridized carbons (Fsp3) is 0.625. The number of hydrogen-bond donors (Lipinski definition) is 1. The molecule has 1 aromatic rings. The van der Waals surface area contributed by atoms with E-state index in [0.29, 0.717) is 6.04 Å². The molecule has 1 atom stereocenters. The number of hydrogen-bond acceptors (Lipinski definition) is 2. The minimum atomic E-state index is 0.410. The largest absolute Gasteiger partial charge is 0.381 e. The number of nitrogens with one attached hydrogen (secondary N) is 1. The lowest BCUT2D eigenvalue weighted by atomic mass is 10.0. The molecule has 0 aromatic heterocycles. The van der Waals surface area contributed by atoms with E-state index in [-0.39, 0.29) is 0 Å². The van der Waals surface area contributed by atoms with E-state index >= 15 is 0 Å². The molecule has 0 aliphatic carbocycles. The predicted molar refractivity (Wildman–Crippen MR) is 82.8 cm³/mol. The van der Waals surface area contributed by atoms with Crippen LogP contribution < -0.4 is 5.32 Å². The van der Waals surface area contributed by atoms with Crippen molar-refractivity contribution in [2.45, 2.75) is 45.6 Å². The highest BCUT2D eigenvalue weighted by molar-refractivity contribution is 6.30. The molecule has 0 radical (unpaired) electrons. The van der Waals surface area contributed by atoms with Crippen LogP contribution in [0.15, 0.2) is 24.3 Å². The van der Waals surface area contributed by atoms with E-state index in [1.54, 1.807) is 0 Å². The van der Waals surface area contributed by atoms with E-state index in [1.165, 1.54) is 12.0 Å². The van der Waals surface area contributed by atoms with Gasteiger partial charge in [0.1, 0.15) is 0 Å². The minimum absolute atomic E-state index is 0.410. The van der Waals surface area contributed by atoms with Crippen molar-refractivity contribution < 1.29 is 4.74 Å². The van der Waals surface area contributed by atoms with E-state index in [2.05, 4.69) is 31.3 Å². The summed E-state index contributed by atoms with van der Waals surface area (Å²) in [5.74, 6) is 0. The van der Waals surface area contributed by atoms with Crippen LogP contribution in [-0.4, -0.2) is 19.8 Å². The molecule has 0 saturated carbocycles. The molecule has 1 aromatic carbocycles. The Morgan fingerprint density at radius 3 is 2.42 bits per heavy atom. The van der Waals surface area contributed by atoms with Crippen LogP contribution in [0.2, 0.25) is 5.02 Å². The van der Waals surface area contributed by atoms with Gasteiger partial charge in [0.05, 0.1) is 0 Å². The second-order valence-electron chi connectivity index (χ2n) is 4.79. The smallest absolute Gasteiger partial charge is 0.0478 e. The summed E-state index contributed by atoms with van der Waals surface area (Å²) in [7, 11) is 0. The van der Waals surface area contributed by atoms with Gasteiger partial charge in [-0.15, -0.1) is 0 Å². The summed E-state index contributed by atoms with van der Waals surface area (Å²) in [6.45, 7) is 7.12. The Labute approximate surface area is 122 Å². The lowest BCUT2D eigenvalue weighted by molar-refractivity contribution is 0.128. The molecular formula is C16H26ClNO. The molecular weight excluding hydrogens is 258 g/mol. The highest BCUT2D eigenvalue weighted by Crippen LogP contribution is 2.18. The summed E-state index contributed by atoms with van der Waals surface area (Å²) in [4.78, 5) is 0. The first-order valence-electron chi connectivity index (χ1n) is 7.34. The molecule has 1 N–H and O–H groups in total. The highest BCUT2D eigenvalue weighted by atomic mass is 35.5. The van der Waals surface area contributed by atoms with Crippen LogP contribution in [0.4, 0.5) is 0 Å². The zero-order valence-corrected chi connectivity index (χ0v) is 12.9. The number of unbranched alkanes of at least 4 members (excludes halogenated alkanes) is 1. The molecule has 0 amide bonds. The summed E-state index contributed by atoms with van der Waals surface area (Å²) in [6.07, 6.45) is 4.51. The molecule has 1 rings (SSSR count). The van der Waals surface area contributed by atoms with Crippen molar-refractivity contribution in [3.8, 4) is 0 Å². The van der Waals surface area contributed by atoms with Crippen LogP contribution in [0, 0.1) is 0 Å². The Kier molecular flexibility index (Phi) is 8.89. The Morgan fingerprint density at radius 2 is 1.79 bits per heavy atom. The molecule has 0 aliphatic heterocycles. The first-order chi connectivity index (χ1) is 9.27. The Balaban J connectivity index is 2.20. The molecule has 0 saturated heterocycles. The molecule has 108 valence electrons. The zero-order chi connectivity index (χ0) is 13.9. The SMILES string of the molecule is CCCCOCCCNC(CC)c1ccc(Cl)cc1. The van der Waals surface area contributed by atoms with Crippen molar-refractivity contribution in [1.29, 1.82) is 0 Å². The second-order valence-corrected chi connectivity index (χ2v) is 5.22. The van der Waals surface area contributed by atoms with E-state index in [1.807, 2.05) is 12.1 Å². The van der Waals surface area contributed by atoms with Gasteiger partial charge >= 0.3 is 0 Å². The average molecular weight is 284 g/mol. The summed E-state index contributed by atoms with van der Waals surface area (Å²) < 4.78 is 5.55. The van der Waals surface area contributed by atoms with Gasteiger partial charge < -0.3 is 10.1 Å². The van der Waals surface area contributed by atoms with Crippen molar-refractivity contribution in [2.75, 3.05) is 19.8 Å². The molecule has 0 bridgehead atoms. The van der Waals surface area contributed by atoms with Crippen molar-refractivity contribution >= 4 is 11.6 Å². The van der Waals surface area contributed by atoms with Crippen LogP contribution in [0.25, 0.3) is 0 Å². The molecule has 0 spiro atoms. The first kappa shape index (κ1) is 16.5. The van der Waals surface area contributed by atoms with Crippen LogP contribution in [-0.2, 0) is 4.74 Å². The molecule has 3 heteroatoms. The summed E-state index contributed by atoms with van der Waals surface area (Å²) in [5.41, 5.74) is 1.30. The van der Waals surface area contributed by atoms with E-state index in [4.69, 9.17) is 16.3 Å². The summed E-state index contributed by atoms with van der Waals surface area (Å²) in [5, 5.41) is 4.37. The van der Waals surface area contributed by atoms with Gasteiger partial charge in [0.25, 0.3) is 0 Å². The summed E-state index contributed by atoms with van der Waals surface area (Å²) in [6, 6.07) is 8.51. The Morgan fingerprint density at radius 1 is 1.11 bits per heavy atom. The quantitative estimate of drug-likeness (QED) is 0.634. The third-order valence-corrected chi connectivity index (χ3v) is 3.43.